The van der Waals surface area contributed by atoms with Crippen LogP contribution in [0.1, 0.15) is 13.3 Å². The average Bonchev–Trinajstić information content (AvgIpc) is 2.37. The molecular formula is C13H16N4. The smallest absolute Gasteiger partial charge is 0.129 e. The molecule has 0 radical (unpaired) electrons. The summed E-state index contributed by atoms with van der Waals surface area (Å²) in [4.78, 5) is 8.42. The maximum Gasteiger partial charge on any atom is 0.129 e. The lowest BCUT2D eigenvalue weighted by Crippen LogP contribution is -2.02. The summed E-state index contributed by atoms with van der Waals surface area (Å²) in [5.74, 6) is 0.847. The molecule has 0 amide bonds. The van der Waals surface area contributed by atoms with Crippen molar-refractivity contribution in [1.82, 2.24) is 9.97 Å². The Hall–Kier alpha value is -2.10. The Bertz CT molecular complexity index is 496. The van der Waals surface area contributed by atoms with Gasteiger partial charge < -0.3 is 11.1 Å². The lowest BCUT2D eigenvalue weighted by molar-refractivity contribution is 0.965. The first-order chi connectivity index (χ1) is 8.29. The third-order valence-electron chi connectivity index (χ3n) is 2.41. The van der Waals surface area contributed by atoms with Crippen molar-refractivity contribution in [2.75, 3.05) is 17.6 Å². The number of nitrogens with two attached hydrogens (primary N) is 1. The summed E-state index contributed by atoms with van der Waals surface area (Å²) >= 11 is 0. The van der Waals surface area contributed by atoms with Gasteiger partial charge in [0, 0.05) is 23.9 Å². The van der Waals surface area contributed by atoms with Gasteiger partial charge in [-0.05, 0) is 18.6 Å². The molecule has 2 aromatic rings. The summed E-state index contributed by atoms with van der Waals surface area (Å²) in [6.45, 7) is 3.03. The minimum absolute atomic E-state index is 0.740. The van der Waals surface area contributed by atoms with Crippen molar-refractivity contribution >= 4 is 11.5 Å². The summed E-state index contributed by atoms with van der Waals surface area (Å²) in [6.07, 6.45) is 2.63. The van der Waals surface area contributed by atoms with Gasteiger partial charge in [0.05, 0.1) is 5.69 Å². The first kappa shape index (κ1) is 11.4. The van der Waals surface area contributed by atoms with E-state index in [2.05, 4.69) is 22.2 Å². The Kier molecular flexibility index (Phi) is 3.55. The number of hydrogen-bond acceptors (Lipinski definition) is 4. The fourth-order valence-corrected chi connectivity index (χ4v) is 1.56. The molecule has 1 aromatic carbocycles. The van der Waals surface area contributed by atoms with E-state index in [0.717, 1.165) is 35.7 Å². The first-order valence-corrected chi connectivity index (χ1v) is 5.71. The van der Waals surface area contributed by atoms with Crippen molar-refractivity contribution in [3.8, 4) is 11.3 Å². The van der Waals surface area contributed by atoms with Crippen molar-refractivity contribution in [3.05, 3.63) is 36.7 Å². The SMILES string of the molecule is CCCNc1cc(-c2cccc(N)c2)ncn1. The van der Waals surface area contributed by atoms with E-state index in [1.54, 1.807) is 6.33 Å². The van der Waals surface area contributed by atoms with Crippen LogP contribution >= 0.6 is 0 Å². The number of aromatic nitrogens is 2. The molecule has 4 heteroatoms. The molecule has 2 rings (SSSR count). The summed E-state index contributed by atoms with van der Waals surface area (Å²) < 4.78 is 0. The molecule has 88 valence electrons. The Morgan fingerprint density at radius 1 is 1.24 bits per heavy atom. The normalized spacial score (nSPS) is 10.2. The molecule has 0 saturated carbocycles. The number of anilines is 2. The average molecular weight is 228 g/mol. The van der Waals surface area contributed by atoms with Crippen LogP contribution in [0, 0.1) is 0 Å². The molecule has 1 aromatic heterocycles. The van der Waals surface area contributed by atoms with Crippen molar-refractivity contribution in [2.24, 2.45) is 0 Å². The van der Waals surface area contributed by atoms with E-state index in [1.165, 1.54) is 0 Å². The first-order valence-electron chi connectivity index (χ1n) is 5.71. The molecule has 0 aliphatic rings. The second-order valence-electron chi connectivity index (χ2n) is 3.84. The highest BCUT2D eigenvalue weighted by Crippen LogP contribution is 2.20. The molecule has 0 spiro atoms. The quantitative estimate of drug-likeness (QED) is 0.789. The fourth-order valence-electron chi connectivity index (χ4n) is 1.56. The van der Waals surface area contributed by atoms with E-state index in [4.69, 9.17) is 5.73 Å². The van der Waals surface area contributed by atoms with Gasteiger partial charge in [0.2, 0.25) is 0 Å². The molecule has 1 heterocycles. The zero-order valence-electron chi connectivity index (χ0n) is 9.85. The summed E-state index contributed by atoms with van der Waals surface area (Å²) in [5, 5.41) is 3.24. The lowest BCUT2D eigenvalue weighted by Gasteiger charge is -2.06. The highest BCUT2D eigenvalue weighted by atomic mass is 15.0. The number of hydrogen-bond donors (Lipinski definition) is 2. The molecule has 17 heavy (non-hydrogen) atoms. The van der Waals surface area contributed by atoms with E-state index >= 15 is 0 Å². The van der Waals surface area contributed by atoms with Crippen LogP contribution in [-0.2, 0) is 0 Å². The van der Waals surface area contributed by atoms with Gasteiger partial charge in [-0.2, -0.15) is 0 Å². The van der Waals surface area contributed by atoms with Crippen LogP contribution in [-0.4, -0.2) is 16.5 Å². The Balaban J connectivity index is 2.26. The van der Waals surface area contributed by atoms with Crippen molar-refractivity contribution < 1.29 is 0 Å². The van der Waals surface area contributed by atoms with Gasteiger partial charge in [0.15, 0.2) is 0 Å². The minimum Gasteiger partial charge on any atom is -0.399 e. The largest absolute Gasteiger partial charge is 0.399 e. The molecule has 0 aliphatic heterocycles. The van der Waals surface area contributed by atoms with Crippen LogP contribution in [0.15, 0.2) is 36.7 Å². The zero-order valence-corrected chi connectivity index (χ0v) is 9.85. The van der Waals surface area contributed by atoms with Crippen LogP contribution in [0.5, 0.6) is 0 Å². The molecule has 0 saturated heterocycles. The summed E-state index contributed by atoms with van der Waals surface area (Å²) in [5.41, 5.74) is 8.38. The highest BCUT2D eigenvalue weighted by Gasteiger charge is 2.01. The van der Waals surface area contributed by atoms with Crippen molar-refractivity contribution in [3.63, 3.8) is 0 Å². The van der Waals surface area contributed by atoms with Gasteiger partial charge in [-0.25, -0.2) is 9.97 Å². The maximum absolute atomic E-state index is 5.76. The van der Waals surface area contributed by atoms with Crippen LogP contribution < -0.4 is 11.1 Å². The molecule has 0 atom stereocenters. The molecule has 3 N–H and O–H groups in total. The van der Waals surface area contributed by atoms with Crippen molar-refractivity contribution in [1.29, 1.82) is 0 Å². The number of nitrogens with zero attached hydrogens (tertiary/aromatic N) is 2. The Morgan fingerprint density at radius 2 is 2.12 bits per heavy atom. The van der Waals surface area contributed by atoms with Crippen molar-refractivity contribution in [2.45, 2.75) is 13.3 Å². The number of nitrogen functional groups attached to an aromatic ring is 1. The molecule has 0 aliphatic carbocycles. The van der Waals surface area contributed by atoms with E-state index in [1.807, 2.05) is 30.3 Å². The van der Waals surface area contributed by atoms with Crippen LogP contribution in [0.3, 0.4) is 0 Å². The summed E-state index contributed by atoms with van der Waals surface area (Å²) in [7, 11) is 0. The monoisotopic (exact) mass is 228 g/mol. The molecule has 0 unspecified atom stereocenters. The van der Waals surface area contributed by atoms with Gasteiger partial charge in [-0.15, -0.1) is 0 Å². The fraction of sp³-hybridized carbons (Fsp3) is 0.231. The Morgan fingerprint density at radius 3 is 2.88 bits per heavy atom. The third kappa shape index (κ3) is 2.93. The predicted octanol–water partition coefficient (Wildman–Crippen LogP) is 2.55. The van der Waals surface area contributed by atoms with Gasteiger partial charge >= 0.3 is 0 Å². The Labute approximate surface area is 101 Å². The van der Waals surface area contributed by atoms with E-state index in [0.29, 0.717) is 0 Å². The second-order valence-corrected chi connectivity index (χ2v) is 3.84. The van der Waals surface area contributed by atoms with Gasteiger partial charge in [0.1, 0.15) is 12.1 Å². The minimum atomic E-state index is 0.740. The zero-order chi connectivity index (χ0) is 12.1. The summed E-state index contributed by atoms with van der Waals surface area (Å²) in [6, 6.07) is 9.62. The molecule has 0 bridgehead atoms. The number of nitrogens with one attached hydrogen (secondary N) is 1. The highest BCUT2D eigenvalue weighted by molar-refractivity contribution is 5.65. The number of rotatable bonds is 4. The van der Waals surface area contributed by atoms with Crippen LogP contribution in [0.25, 0.3) is 11.3 Å². The third-order valence-corrected chi connectivity index (χ3v) is 2.41. The van der Waals surface area contributed by atoms with Gasteiger partial charge in [0.25, 0.3) is 0 Å². The van der Waals surface area contributed by atoms with E-state index in [9.17, 15) is 0 Å². The van der Waals surface area contributed by atoms with Gasteiger partial charge in [-0.1, -0.05) is 19.1 Å². The number of benzene rings is 1. The molecule has 4 nitrogen and oxygen atoms in total. The standard InChI is InChI=1S/C13H16N4/c1-2-6-15-13-8-12(16-9-17-13)10-4-3-5-11(14)7-10/h3-5,7-9H,2,6,14H2,1H3,(H,15,16,17). The maximum atomic E-state index is 5.76. The van der Waals surface area contributed by atoms with E-state index in [-0.39, 0.29) is 0 Å². The van der Waals surface area contributed by atoms with Crippen LogP contribution in [0.2, 0.25) is 0 Å². The van der Waals surface area contributed by atoms with Gasteiger partial charge in [-0.3, -0.25) is 0 Å². The van der Waals surface area contributed by atoms with Crippen LogP contribution in [0.4, 0.5) is 11.5 Å². The topological polar surface area (TPSA) is 63.8 Å². The van der Waals surface area contributed by atoms with E-state index < -0.39 is 0 Å². The molecular weight excluding hydrogens is 212 g/mol. The molecule has 0 fully saturated rings. The second kappa shape index (κ2) is 5.30. The predicted molar refractivity (Wildman–Crippen MR) is 70.7 cm³/mol. The lowest BCUT2D eigenvalue weighted by atomic mass is 10.1.